The van der Waals surface area contributed by atoms with Gasteiger partial charge < -0.3 is 14.4 Å². The zero-order valence-electron chi connectivity index (χ0n) is 13.3. The summed E-state index contributed by atoms with van der Waals surface area (Å²) in [7, 11) is 4.63. The molecule has 0 radical (unpaired) electrons. The third-order valence-corrected chi connectivity index (χ3v) is 3.69. The molecule has 0 spiro atoms. The van der Waals surface area contributed by atoms with E-state index in [9.17, 15) is 13.6 Å². The van der Waals surface area contributed by atoms with Gasteiger partial charge in [-0.05, 0) is 18.2 Å². The van der Waals surface area contributed by atoms with Crippen LogP contribution in [0.1, 0.15) is 16.1 Å². The molecule has 24 heavy (non-hydrogen) atoms. The molecule has 1 heterocycles. The molecule has 0 aliphatic rings. The van der Waals surface area contributed by atoms with E-state index in [1.807, 2.05) is 0 Å². The van der Waals surface area contributed by atoms with E-state index < -0.39 is 6.61 Å². The first-order chi connectivity index (χ1) is 11.3. The highest BCUT2D eigenvalue weighted by atomic mass is 35.5. The molecule has 2 rings (SSSR count). The fraction of sp³-hybridized carbons (Fsp3) is 0.333. The summed E-state index contributed by atoms with van der Waals surface area (Å²) in [5.41, 5.74) is 0.950. The molecule has 0 saturated carbocycles. The number of carbonyl (C=O) groups is 1. The van der Waals surface area contributed by atoms with E-state index in [-0.39, 0.29) is 29.5 Å². The van der Waals surface area contributed by atoms with Gasteiger partial charge >= 0.3 is 6.61 Å². The number of amides is 1. The van der Waals surface area contributed by atoms with Gasteiger partial charge in [0.15, 0.2) is 11.5 Å². The Hall–Kier alpha value is -2.35. The van der Waals surface area contributed by atoms with Crippen molar-refractivity contribution >= 4 is 17.5 Å². The van der Waals surface area contributed by atoms with Gasteiger partial charge in [-0.3, -0.25) is 9.48 Å². The Morgan fingerprint density at radius 1 is 1.42 bits per heavy atom. The highest BCUT2D eigenvalue weighted by Gasteiger charge is 2.18. The first kappa shape index (κ1) is 18.0. The molecular weight excluding hydrogens is 344 g/mol. The summed E-state index contributed by atoms with van der Waals surface area (Å²) in [6, 6.07) is 4.01. The number of benzene rings is 1. The molecule has 6 nitrogen and oxygen atoms in total. The predicted octanol–water partition coefficient (Wildman–Crippen LogP) is 2.96. The van der Waals surface area contributed by atoms with E-state index in [4.69, 9.17) is 16.3 Å². The van der Waals surface area contributed by atoms with Crippen molar-refractivity contribution < 1.29 is 23.0 Å². The van der Waals surface area contributed by atoms with E-state index in [1.165, 1.54) is 36.4 Å². The summed E-state index contributed by atoms with van der Waals surface area (Å²) < 4.78 is 35.6. The van der Waals surface area contributed by atoms with Crippen molar-refractivity contribution in [2.24, 2.45) is 7.05 Å². The lowest BCUT2D eigenvalue weighted by Crippen LogP contribution is -2.27. The van der Waals surface area contributed by atoms with Crippen LogP contribution >= 0.6 is 11.6 Å². The summed E-state index contributed by atoms with van der Waals surface area (Å²) in [6.07, 6.45) is 1.49. The molecule has 2 aromatic rings. The largest absolute Gasteiger partial charge is 0.493 e. The van der Waals surface area contributed by atoms with Gasteiger partial charge in [-0.1, -0.05) is 11.6 Å². The Balaban J connectivity index is 2.19. The van der Waals surface area contributed by atoms with E-state index in [0.717, 1.165) is 0 Å². The van der Waals surface area contributed by atoms with Crippen LogP contribution < -0.4 is 9.47 Å². The summed E-state index contributed by atoms with van der Waals surface area (Å²) in [5.74, 6) is -0.413. The maximum absolute atomic E-state index is 12.5. The van der Waals surface area contributed by atoms with Gasteiger partial charge in [0.2, 0.25) is 0 Å². The van der Waals surface area contributed by atoms with Crippen LogP contribution in [0.15, 0.2) is 24.4 Å². The second kappa shape index (κ2) is 7.48. The minimum Gasteiger partial charge on any atom is -0.493 e. The zero-order valence-corrected chi connectivity index (χ0v) is 14.1. The van der Waals surface area contributed by atoms with Crippen molar-refractivity contribution in [1.29, 1.82) is 0 Å². The van der Waals surface area contributed by atoms with Crippen LogP contribution in [0.25, 0.3) is 0 Å². The molecule has 0 aliphatic heterocycles. The highest BCUT2D eigenvalue weighted by Crippen LogP contribution is 2.30. The monoisotopic (exact) mass is 359 g/mol. The maximum atomic E-state index is 12.5. The first-order valence-corrected chi connectivity index (χ1v) is 7.26. The average Bonchev–Trinajstić information content (AvgIpc) is 2.85. The van der Waals surface area contributed by atoms with Gasteiger partial charge in [0.25, 0.3) is 5.91 Å². The normalized spacial score (nSPS) is 10.8. The van der Waals surface area contributed by atoms with Crippen LogP contribution in [0, 0.1) is 0 Å². The lowest BCUT2D eigenvalue weighted by molar-refractivity contribution is -0.0512. The fourth-order valence-electron chi connectivity index (χ4n) is 2.12. The van der Waals surface area contributed by atoms with Crippen molar-refractivity contribution in [2.45, 2.75) is 13.2 Å². The van der Waals surface area contributed by atoms with E-state index >= 15 is 0 Å². The molecule has 0 saturated heterocycles. The van der Waals surface area contributed by atoms with Gasteiger partial charge in [0.1, 0.15) is 0 Å². The van der Waals surface area contributed by atoms with Crippen molar-refractivity contribution in [3.63, 3.8) is 0 Å². The number of hydrogen-bond donors (Lipinski definition) is 0. The molecular formula is C15H16ClF2N3O3. The minimum atomic E-state index is -2.98. The fourth-order valence-corrected chi connectivity index (χ4v) is 2.35. The second-order valence-electron chi connectivity index (χ2n) is 4.97. The summed E-state index contributed by atoms with van der Waals surface area (Å²) in [4.78, 5) is 13.9. The molecule has 0 N–H and O–H groups in total. The topological polar surface area (TPSA) is 56.6 Å². The van der Waals surface area contributed by atoms with Crippen LogP contribution in [-0.4, -0.2) is 41.4 Å². The number of alkyl halides is 2. The zero-order chi connectivity index (χ0) is 17.9. The summed E-state index contributed by atoms with van der Waals surface area (Å²) in [5, 5.41) is 4.46. The van der Waals surface area contributed by atoms with E-state index in [0.29, 0.717) is 10.7 Å². The number of carbonyl (C=O) groups excluding carboxylic acids is 1. The van der Waals surface area contributed by atoms with E-state index in [2.05, 4.69) is 9.84 Å². The van der Waals surface area contributed by atoms with Crippen LogP contribution in [0.3, 0.4) is 0 Å². The summed E-state index contributed by atoms with van der Waals surface area (Å²) >= 11 is 6.03. The second-order valence-corrected chi connectivity index (χ2v) is 5.38. The Labute approximate surface area is 142 Å². The standard InChI is InChI=1S/C15H16ClF2N3O3/c1-20(8-11-10(16)7-19-21(11)2)14(22)9-4-5-12(24-15(17)18)13(6-9)23-3/h4-7,15H,8H2,1-3H3. The number of aryl methyl sites for hydroxylation is 1. The number of nitrogens with zero attached hydrogens (tertiary/aromatic N) is 3. The number of aromatic nitrogens is 2. The molecule has 130 valence electrons. The van der Waals surface area contributed by atoms with Crippen LogP contribution in [-0.2, 0) is 13.6 Å². The van der Waals surface area contributed by atoms with Gasteiger partial charge in [0.05, 0.1) is 30.6 Å². The van der Waals surface area contributed by atoms with Crippen molar-refractivity contribution in [3.05, 3.63) is 40.7 Å². The van der Waals surface area contributed by atoms with Crippen LogP contribution in [0.2, 0.25) is 5.02 Å². The number of halogens is 3. The molecule has 1 aromatic heterocycles. The van der Waals surface area contributed by atoms with Crippen LogP contribution in [0.5, 0.6) is 11.5 Å². The van der Waals surface area contributed by atoms with Gasteiger partial charge in [-0.15, -0.1) is 0 Å². The first-order valence-electron chi connectivity index (χ1n) is 6.88. The molecule has 1 amide bonds. The number of methoxy groups -OCH3 is 1. The molecule has 0 fully saturated rings. The molecule has 0 atom stereocenters. The smallest absolute Gasteiger partial charge is 0.387 e. The lowest BCUT2D eigenvalue weighted by Gasteiger charge is -2.18. The van der Waals surface area contributed by atoms with Gasteiger partial charge in [-0.25, -0.2) is 0 Å². The third kappa shape index (κ3) is 3.94. The van der Waals surface area contributed by atoms with Gasteiger partial charge in [-0.2, -0.15) is 13.9 Å². The number of rotatable bonds is 6. The molecule has 0 bridgehead atoms. The van der Waals surface area contributed by atoms with Crippen LogP contribution in [0.4, 0.5) is 8.78 Å². The Morgan fingerprint density at radius 2 is 2.12 bits per heavy atom. The number of ether oxygens (including phenoxy) is 2. The van der Waals surface area contributed by atoms with Crippen molar-refractivity contribution in [1.82, 2.24) is 14.7 Å². The number of hydrogen-bond acceptors (Lipinski definition) is 4. The Bertz CT molecular complexity index is 717. The van der Waals surface area contributed by atoms with Gasteiger partial charge in [0, 0.05) is 19.7 Å². The predicted molar refractivity (Wildman–Crippen MR) is 83.6 cm³/mol. The average molecular weight is 360 g/mol. The highest BCUT2D eigenvalue weighted by molar-refractivity contribution is 6.31. The minimum absolute atomic E-state index is 0.0492. The Morgan fingerprint density at radius 3 is 2.67 bits per heavy atom. The lowest BCUT2D eigenvalue weighted by atomic mass is 10.1. The third-order valence-electron chi connectivity index (χ3n) is 3.37. The summed E-state index contributed by atoms with van der Waals surface area (Å²) in [6.45, 7) is -2.73. The maximum Gasteiger partial charge on any atom is 0.387 e. The van der Waals surface area contributed by atoms with Crippen molar-refractivity contribution in [2.75, 3.05) is 14.2 Å². The molecule has 0 unspecified atom stereocenters. The Kier molecular flexibility index (Phi) is 5.61. The molecule has 1 aromatic carbocycles. The quantitative estimate of drug-likeness (QED) is 0.795. The molecule has 9 heteroatoms. The SMILES string of the molecule is COc1cc(C(=O)N(C)Cc2c(Cl)cnn2C)ccc1OC(F)F. The van der Waals surface area contributed by atoms with E-state index in [1.54, 1.807) is 18.8 Å². The molecule has 0 aliphatic carbocycles. The van der Waals surface area contributed by atoms with Crippen molar-refractivity contribution in [3.8, 4) is 11.5 Å².